The maximum Gasteiger partial charge on any atom is 0.154 e. The summed E-state index contributed by atoms with van der Waals surface area (Å²) in [4.78, 5) is 0. The lowest BCUT2D eigenvalue weighted by atomic mass is 10.8. The van der Waals surface area contributed by atoms with Crippen molar-refractivity contribution in [3.05, 3.63) is 0 Å². The van der Waals surface area contributed by atoms with E-state index in [-0.39, 0.29) is 30.0 Å². The maximum absolute atomic E-state index is 10.9. The zero-order valence-electron chi connectivity index (χ0n) is 5.62. The van der Waals surface area contributed by atoms with Gasteiger partial charge >= 0.3 is 0 Å². The minimum absolute atomic E-state index is 0. The standard InChI is InChI=1S/C5H11NO2S.ClH/c6-3-4-9(7,8)5-1-2-5;/h5H,1-4,6H2;1H. The van der Waals surface area contributed by atoms with Crippen LogP contribution < -0.4 is 5.73 Å². The summed E-state index contributed by atoms with van der Waals surface area (Å²) < 4.78 is 21.8. The molecule has 0 heterocycles. The van der Waals surface area contributed by atoms with Gasteiger partial charge in [0.25, 0.3) is 0 Å². The van der Waals surface area contributed by atoms with E-state index in [2.05, 4.69) is 0 Å². The summed E-state index contributed by atoms with van der Waals surface area (Å²) >= 11 is 0. The Labute approximate surface area is 67.3 Å². The van der Waals surface area contributed by atoms with Gasteiger partial charge in [-0.3, -0.25) is 0 Å². The Hall–Kier alpha value is 0.200. The van der Waals surface area contributed by atoms with Crippen LogP contribution in [-0.2, 0) is 9.84 Å². The second kappa shape index (κ2) is 3.55. The fourth-order valence-electron chi connectivity index (χ4n) is 0.758. The molecule has 0 atom stereocenters. The predicted molar refractivity (Wildman–Crippen MR) is 43.1 cm³/mol. The molecule has 0 aliphatic heterocycles. The SMILES string of the molecule is Cl.NCCS(=O)(=O)C1CC1. The van der Waals surface area contributed by atoms with E-state index in [9.17, 15) is 8.42 Å². The highest BCUT2D eigenvalue weighted by Crippen LogP contribution is 2.28. The van der Waals surface area contributed by atoms with Crippen LogP contribution in [0.1, 0.15) is 12.8 Å². The molecule has 0 bridgehead atoms. The third-order valence-corrected chi connectivity index (χ3v) is 3.73. The molecular weight excluding hydrogens is 174 g/mol. The maximum atomic E-state index is 10.9. The van der Waals surface area contributed by atoms with Crippen molar-refractivity contribution in [2.75, 3.05) is 12.3 Å². The van der Waals surface area contributed by atoms with Crippen molar-refractivity contribution >= 4 is 22.2 Å². The minimum atomic E-state index is -2.76. The third-order valence-electron chi connectivity index (χ3n) is 1.43. The molecule has 0 radical (unpaired) electrons. The molecule has 2 N–H and O–H groups in total. The molecule has 10 heavy (non-hydrogen) atoms. The average molecular weight is 186 g/mol. The predicted octanol–water partition coefficient (Wildman–Crippen LogP) is -0.0559. The molecule has 1 aliphatic carbocycles. The summed E-state index contributed by atoms with van der Waals surface area (Å²) in [6.45, 7) is 0.263. The van der Waals surface area contributed by atoms with Gasteiger partial charge in [0.2, 0.25) is 0 Å². The summed E-state index contributed by atoms with van der Waals surface area (Å²) in [6, 6.07) is 0. The Bertz CT molecular complexity index is 186. The van der Waals surface area contributed by atoms with Crippen molar-refractivity contribution in [2.24, 2.45) is 5.73 Å². The molecule has 0 amide bonds. The first kappa shape index (κ1) is 10.2. The van der Waals surface area contributed by atoms with Crippen molar-refractivity contribution in [2.45, 2.75) is 18.1 Å². The second-order valence-electron chi connectivity index (χ2n) is 2.36. The van der Waals surface area contributed by atoms with Crippen molar-refractivity contribution in [1.29, 1.82) is 0 Å². The largest absolute Gasteiger partial charge is 0.329 e. The summed E-state index contributed by atoms with van der Waals surface area (Å²) in [5.41, 5.74) is 5.10. The van der Waals surface area contributed by atoms with Gasteiger partial charge in [0, 0.05) is 6.54 Å². The highest BCUT2D eigenvalue weighted by Gasteiger charge is 2.34. The molecule has 1 rings (SSSR count). The van der Waals surface area contributed by atoms with Gasteiger partial charge in [-0.2, -0.15) is 0 Å². The van der Waals surface area contributed by atoms with Gasteiger partial charge in [-0.25, -0.2) is 8.42 Å². The van der Waals surface area contributed by atoms with Crippen LogP contribution in [0.15, 0.2) is 0 Å². The average Bonchev–Trinajstić information content (AvgIpc) is 2.41. The molecule has 1 saturated carbocycles. The van der Waals surface area contributed by atoms with Gasteiger partial charge in [-0.05, 0) is 12.8 Å². The van der Waals surface area contributed by atoms with Gasteiger partial charge in [0.1, 0.15) is 0 Å². The highest BCUT2D eigenvalue weighted by atomic mass is 35.5. The molecular formula is C5H12ClNO2S. The monoisotopic (exact) mass is 185 g/mol. The van der Waals surface area contributed by atoms with E-state index < -0.39 is 9.84 Å². The molecule has 1 fully saturated rings. The number of hydrogen-bond acceptors (Lipinski definition) is 3. The molecule has 0 aromatic heterocycles. The zero-order valence-corrected chi connectivity index (χ0v) is 7.25. The number of sulfone groups is 1. The molecule has 0 unspecified atom stereocenters. The van der Waals surface area contributed by atoms with Crippen LogP contribution in [0.3, 0.4) is 0 Å². The van der Waals surface area contributed by atoms with Crippen LogP contribution in [0.5, 0.6) is 0 Å². The second-order valence-corrected chi connectivity index (χ2v) is 4.76. The van der Waals surface area contributed by atoms with Gasteiger partial charge < -0.3 is 5.73 Å². The van der Waals surface area contributed by atoms with Crippen LogP contribution in [0.4, 0.5) is 0 Å². The number of halogens is 1. The summed E-state index contributed by atoms with van der Waals surface area (Å²) in [6.07, 6.45) is 1.70. The molecule has 0 spiro atoms. The Morgan fingerprint density at radius 2 is 1.90 bits per heavy atom. The lowest BCUT2D eigenvalue weighted by molar-refractivity contribution is 0.594. The lowest BCUT2D eigenvalue weighted by Gasteiger charge is -1.96. The van der Waals surface area contributed by atoms with Crippen molar-refractivity contribution in [3.8, 4) is 0 Å². The van der Waals surface area contributed by atoms with Crippen molar-refractivity contribution in [3.63, 3.8) is 0 Å². The fourth-order valence-corrected chi connectivity index (χ4v) is 2.27. The number of nitrogens with two attached hydrogens (primary N) is 1. The van der Waals surface area contributed by atoms with Crippen LogP contribution >= 0.6 is 12.4 Å². The van der Waals surface area contributed by atoms with Crippen molar-refractivity contribution in [1.82, 2.24) is 0 Å². The molecule has 0 aromatic rings. The van der Waals surface area contributed by atoms with Crippen LogP contribution in [0.25, 0.3) is 0 Å². The van der Waals surface area contributed by atoms with E-state index in [0.29, 0.717) is 0 Å². The quantitative estimate of drug-likeness (QED) is 0.671. The summed E-state index contributed by atoms with van der Waals surface area (Å²) in [5, 5.41) is -0.0407. The van der Waals surface area contributed by atoms with E-state index in [1.54, 1.807) is 0 Å². The Kier molecular flexibility index (Phi) is 3.62. The van der Waals surface area contributed by atoms with E-state index >= 15 is 0 Å². The van der Waals surface area contributed by atoms with Gasteiger partial charge in [0.05, 0.1) is 11.0 Å². The Balaban J connectivity index is 0.000000810. The normalized spacial score (nSPS) is 18.1. The zero-order chi connectivity index (χ0) is 6.91. The first-order valence-electron chi connectivity index (χ1n) is 3.08. The molecule has 1 aliphatic rings. The third kappa shape index (κ3) is 2.44. The molecule has 5 heteroatoms. The lowest BCUT2D eigenvalue weighted by Crippen LogP contribution is -2.18. The summed E-state index contributed by atoms with van der Waals surface area (Å²) in [7, 11) is -2.76. The molecule has 62 valence electrons. The van der Waals surface area contributed by atoms with E-state index in [4.69, 9.17) is 5.73 Å². The smallest absolute Gasteiger partial charge is 0.154 e. The molecule has 0 saturated heterocycles. The Morgan fingerprint density at radius 1 is 1.40 bits per heavy atom. The Morgan fingerprint density at radius 3 is 2.20 bits per heavy atom. The van der Waals surface area contributed by atoms with Crippen LogP contribution in [-0.4, -0.2) is 26.0 Å². The van der Waals surface area contributed by atoms with E-state index in [0.717, 1.165) is 12.8 Å². The van der Waals surface area contributed by atoms with Gasteiger partial charge in [-0.15, -0.1) is 12.4 Å². The minimum Gasteiger partial charge on any atom is -0.329 e. The number of rotatable bonds is 3. The molecule has 3 nitrogen and oxygen atoms in total. The summed E-state index contributed by atoms with van der Waals surface area (Å²) in [5.74, 6) is 0.164. The fraction of sp³-hybridized carbons (Fsp3) is 1.00. The van der Waals surface area contributed by atoms with E-state index in [1.807, 2.05) is 0 Å². The first-order valence-corrected chi connectivity index (χ1v) is 4.80. The first-order chi connectivity index (χ1) is 4.17. The van der Waals surface area contributed by atoms with Crippen LogP contribution in [0, 0.1) is 0 Å². The number of hydrogen-bond donors (Lipinski definition) is 1. The molecule has 0 aromatic carbocycles. The highest BCUT2D eigenvalue weighted by molar-refractivity contribution is 7.92. The van der Waals surface area contributed by atoms with E-state index in [1.165, 1.54) is 0 Å². The van der Waals surface area contributed by atoms with Gasteiger partial charge in [-0.1, -0.05) is 0 Å². The van der Waals surface area contributed by atoms with Crippen LogP contribution in [0.2, 0.25) is 0 Å². The van der Waals surface area contributed by atoms with Gasteiger partial charge in [0.15, 0.2) is 9.84 Å². The topological polar surface area (TPSA) is 60.2 Å². The van der Waals surface area contributed by atoms with Crippen molar-refractivity contribution < 1.29 is 8.42 Å².